The third-order valence-corrected chi connectivity index (χ3v) is 3.28. The molecule has 0 aromatic heterocycles. The molecule has 1 atom stereocenters. The van der Waals surface area contributed by atoms with Crippen LogP contribution in [-0.2, 0) is 4.79 Å². The zero-order chi connectivity index (χ0) is 13.1. The number of nitrogens with zero attached hydrogens (tertiary/aromatic N) is 1. The van der Waals surface area contributed by atoms with Gasteiger partial charge in [0.05, 0.1) is 5.69 Å². The van der Waals surface area contributed by atoms with Crippen molar-refractivity contribution in [2.75, 3.05) is 18.4 Å². The van der Waals surface area contributed by atoms with E-state index in [2.05, 4.69) is 5.32 Å². The van der Waals surface area contributed by atoms with Crippen molar-refractivity contribution in [2.45, 2.75) is 32.7 Å². The van der Waals surface area contributed by atoms with Gasteiger partial charge < -0.3 is 10.2 Å². The molecule has 0 radical (unpaired) electrons. The molecule has 3 nitrogen and oxygen atoms in total. The van der Waals surface area contributed by atoms with E-state index in [4.69, 9.17) is 0 Å². The average molecular weight is 250 g/mol. The third-order valence-electron chi connectivity index (χ3n) is 3.28. The molecular weight excluding hydrogens is 231 g/mol. The van der Waals surface area contributed by atoms with Gasteiger partial charge in [0.2, 0.25) is 5.91 Å². The second-order valence-corrected chi connectivity index (χ2v) is 4.88. The van der Waals surface area contributed by atoms with Crippen LogP contribution in [0.5, 0.6) is 0 Å². The van der Waals surface area contributed by atoms with Gasteiger partial charge in [-0.05, 0) is 44.4 Å². The van der Waals surface area contributed by atoms with E-state index < -0.39 is 0 Å². The number of likely N-dealkylation sites (tertiary alicyclic amines) is 1. The Balaban J connectivity index is 2.01. The summed E-state index contributed by atoms with van der Waals surface area (Å²) in [6, 6.07) is 4.59. The van der Waals surface area contributed by atoms with Crippen LogP contribution in [-0.4, -0.2) is 29.9 Å². The predicted molar refractivity (Wildman–Crippen MR) is 70.0 cm³/mol. The molecule has 0 saturated carbocycles. The minimum atomic E-state index is -0.389. The Labute approximate surface area is 107 Å². The first-order valence-corrected chi connectivity index (χ1v) is 6.39. The molecule has 1 aliphatic rings. The highest BCUT2D eigenvalue weighted by atomic mass is 19.1. The van der Waals surface area contributed by atoms with E-state index in [1.165, 1.54) is 6.07 Å². The summed E-state index contributed by atoms with van der Waals surface area (Å²) in [4.78, 5) is 13.9. The van der Waals surface area contributed by atoms with Gasteiger partial charge in [0, 0.05) is 13.1 Å². The fourth-order valence-corrected chi connectivity index (χ4v) is 2.24. The Morgan fingerprint density at radius 1 is 1.39 bits per heavy atom. The van der Waals surface area contributed by atoms with E-state index in [0.29, 0.717) is 5.69 Å². The first kappa shape index (κ1) is 12.9. The quantitative estimate of drug-likeness (QED) is 0.894. The van der Waals surface area contributed by atoms with Gasteiger partial charge >= 0.3 is 0 Å². The molecule has 1 amide bonds. The number of benzene rings is 1. The summed E-state index contributed by atoms with van der Waals surface area (Å²) < 4.78 is 13.7. The van der Waals surface area contributed by atoms with Gasteiger partial charge in [0.15, 0.2) is 0 Å². The standard InChI is InChI=1S/C14H19FN2O/c1-10-5-6-13(12(15)9-10)16-11(2)14(18)17-7-3-4-8-17/h5-6,9,11,16H,3-4,7-8H2,1-2H3. The molecule has 1 fully saturated rings. The van der Waals surface area contributed by atoms with Crippen molar-refractivity contribution in [1.82, 2.24) is 4.90 Å². The van der Waals surface area contributed by atoms with Gasteiger partial charge in [-0.25, -0.2) is 4.39 Å². The molecule has 2 rings (SSSR count). The lowest BCUT2D eigenvalue weighted by molar-refractivity contribution is -0.130. The predicted octanol–water partition coefficient (Wildman–Crippen LogP) is 2.56. The van der Waals surface area contributed by atoms with Crippen molar-refractivity contribution in [1.29, 1.82) is 0 Å². The molecule has 0 spiro atoms. The smallest absolute Gasteiger partial charge is 0.244 e. The number of carbonyl (C=O) groups is 1. The summed E-state index contributed by atoms with van der Waals surface area (Å²) in [5.74, 6) is -0.261. The molecule has 18 heavy (non-hydrogen) atoms. The molecule has 4 heteroatoms. The minimum absolute atomic E-state index is 0.0486. The lowest BCUT2D eigenvalue weighted by Crippen LogP contribution is -2.39. The zero-order valence-corrected chi connectivity index (χ0v) is 10.9. The number of nitrogens with one attached hydrogen (secondary N) is 1. The normalized spacial score (nSPS) is 16.7. The van der Waals surface area contributed by atoms with Crippen LogP contribution in [0.15, 0.2) is 18.2 Å². The van der Waals surface area contributed by atoms with Crippen LogP contribution in [0, 0.1) is 12.7 Å². The summed E-state index contributed by atoms with van der Waals surface area (Å²) in [6.45, 7) is 5.26. The van der Waals surface area contributed by atoms with Crippen molar-refractivity contribution < 1.29 is 9.18 Å². The monoisotopic (exact) mass is 250 g/mol. The van der Waals surface area contributed by atoms with Crippen LogP contribution in [0.1, 0.15) is 25.3 Å². The molecule has 0 bridgehead atoms. The number of amides is 1. The Bertz CT molecular complexity index is 441. The minimum Gasteiger partial charge on any atom is -0.372 e. The van der Waals surface area contributed by atoms with Gasteiger partial charge in [0.25, 0.3) is 0 Å². The maximum atomic E-state index is 13.7. The molecular formula is C14H19FN2O. The van der Waals surface area contributed by atoms with E-state index in [1.807, 2.05) is 17.9 Å². The maximum absolute atomic E-state index is 13.7. The van der Waals surface area contributed by atoms with Crippen molar-refractivity contribution >= 4 is 11.6 Å². The van der Waals surface area contributed by atoms with E-state index >= 15 is 0 Å². The molecule has 1 N–H and O–H groups in total. The van der Waals surface area contributed by atoms with Gasteiger partial charge in [-0.2, -0.15) is 0 Å². The highest BCUT2D eigenvalue weighted by molar-refractivity contribution is 5.84. The fourth-order valence-electron chi connectivity index (χ4n) is 2.24. The fraction of sp³-hybridized carbons (Fsp3) is 0.500. The largest absolute Gasteiger partial charge is 0.372 e. The zero-order valence-electron chi connectivity index (χ0n) is 10.9. The average Bonchev–Trinajstić information content (AvgIpc) is 2.85. The summed E-state index contributed by atoms with van der Waals surface area (Å²) in [5.41, 5.74) is 1.26. The Kier molecular flexibility index (Phi) is 3.84. The summed E-state index contributed by atoms with van der Waals surface area (Å²) >= 11 is 0. The molecule has 1 aromatic carbocycles. The molecule has 1 heterocycles. The number of aryl methyl sites for hydroxylation is 1. The van der Waals surface area contributed by atoms with Gasteiger partial charge in [-0.3, -0.25) is 4.79 Å². The highest BCUT2D eigenvalue weighted by Crippen LogP contribution is 2.17. The number of anilines is 1. The molecule has 1 aliphatic heterocycles. The van der Waals surface area contributed by atoms with Crippen LogP contribution in [0.3, 0.4) is 0 Å². The molecule has 1 aromatic rings. The summed E-state index contributed by atoms with van der Waals surface area (Å²) in [7, 11) is 0. The second-order valence-electron chi connectivity index (χ2n) is 4.88. The van der Waals surface area contributed by atoms with E-state index in [1.54, 1.807) is 13.0 Å². The van der Waals surface area contributed by atoms with E-state index in [-0.39, 0.29) is 17.8 Å². The number of carbonyl (C=O) groups excluding carboxylic acids is 1. The Hall–Kier alpha value is -1.58. The molecule has 0 aliphatic carbocycles. The third kappa shape index (κ3) is 2.81. The highest BCUT2D eigenvalue weighted by Gasteiger charge is 2.23. The van der Waals surface area contributed by atoms with Crippen LogP contribution < -0.4 is 5.32 Å². The van der Waals surface area contributed by atoms with Crippen LogP contribution in [0.25, 0.3) is 0 Å². The lowest BCUT2D eigenvalue weighted by Gasteiger charge is -2.22. The van der Waals surface area contributed by atoms with Crippen LogP contribution in [0.2, 0.25) is 0 Å². The molecule has 1 unspecified atom stereocenters. The topological polar surface area (TPSA) is 32.3 Å². The Morgan fingerprint density at radius 3 is 2.67 bits per heavy atom. The number of rotatable bonds is 3. The van der Waals surface area contributed by atoms with Crippen molar-refractivity contribution in [3.8, 4) is 0 Å². The SMILES string of the molecule is Cc1ccc(NC(C)C(=O)N2CCCC2)c(F)c1. The first-order valence-electron chi connectivity index (χ1n) is 6.39. The van der Waals surface area contributed by atoms with Gasteiger partial charge in [-0.1, -0.05) is 6.07 Å². The van der Waals surface area contributed by atoms with Crippen molar-refractivity contribution in [3.05, 3.63) is 29.6 Å². The Morgan fingerprint density at radius 2 is 2.06 bits per heavy atom. The number of halogens is 1. The molecule has 1 saturated heterocycles. The van der Waals surface area contributed by atoms with Crippen molar-refractivity contribution in [2.24, 2.45) is 0 Å². The van der Waals surface area contributed by atoms with Crippen LogP contribution >= 0.6 is 0 Å². The van der Waals surface area contributed by atoms with E-state index in [9.17, 15) is 9.18 Å². The van der Waals surface area contributed by atoms with Gasteiger partial charge in [-0.15, -0.1) is 0 Å². The maximum Gasteiger partial charge on any atom is 0.244 e. The first-order chi connectivity index (χ1) is 8.58. The second kappa shape index (κ2) is 5.38. The van der Waals surface area contributed by atoms with Crippen molar-refractivity contribution in [3.63, 3.8) is 0 Å². The van der Waals surface area contributed by atoms with E-state index in [0.717, 1.165) is 31.5 Å². The lowest BCUT2D eigenvalue weighted by atomic mass is 10.2. The number of hydrogen-bond donors (Lipinski definition) is 1. The summed E-state index contributed by atoms with van der Waals surface area (Å²) in [6.07, 6.45) is 2.13. The van der Waals surface area contributed by atoms with Crippen LogP contribution in [0.4, 0.5) is 10.1 Å². The molecule has 98 valence electrons. The van der Waals surface area contributed by atoms with Gasteiger partial charge in [0.1, 0.15) is 11.9 Å². The summed E-state index contributed by atoms with van der Waals surface area (Å²) in [5, 5.41) is 2.95. The number of hydrogen-bond acceptors (Lipinski definition) is 2.